The maximum absolute atomic E-state index is 13.4. The average molecular weight is 238 g/mol. The Morgan fingerprint density at radius 2 is 2.20 bits per heavy atom. The lowest BCUT2D eigenvalue weighted by Gasteiger charge is -2.16. The van der Waals surface area contributed by atoms with Crippen molar-refractivity contribution in [1.82, 2.24) is 0 Å². The fraction of sp³-hybridized carbons (Fsp3) is 0.333. The first-order valence-corrected chi connectivity index (χ1v) is 4.48. The number of aliphatic hydroxyl groups excluding tert-OH is 1. The van der Waals surface area contributed by atoms with Crippen LogP contribution in [0.3, 0.4) is 0 Å². The van der Waals surface area contributed by atoms with Gasteiger partial charge in [0.2, 0.25) is 0 Å². The number of aliphatic hydroxyl groups is 1. The maximum atomic E-state index is 13.4. The van der Waals surface area contributed by atoms with Gasteiger partial charge in [0, 0.05) is 0 Å². The Hall–Kier alpha value is -0.910. The number of ether oxygens (including phenoxy) is 1. The molecule has 0 saturated carbocycles. The van der Waals surface area contributed by atoms with Gasteiger partial charge in [0.05, 0.1) is 30.3 Å². The molecule has 0 fully saturated rings. The van der Waals surface area contributed by atoms with Crippen molar-refractivity contribution in [2.24, 2.45) is 5.73 Å². The summed E-state index contributed by atoms with van der Waals surface area (Å²) in [4.78, 5) is 0. The number of rotatable bonds is 3. The molecule has 0 radical (unpaired) electrons. The zero-order valence-electron chi connectivity index (χ0n) is 7.93. The van der Waals surface area contributed by atoms with E-state index in [1.165, 1.54) is 7.11 Å². The molecule has 3 nitrogen and oxygen atoms in total. The van der Waals surface area contributed by atoms with Crippen molar-refractivity contribution in [2.45, 2.75) is 6.04 Å². The molecule has 84 valence electrons. The van der Waals surface area contributed by atoms with Crippen molar-refractivity contribution < 1.29 is 18.6 Å². The highest BCUT2D eigenvalue weighted by atomic mass is 35.5. The second-order valence-electron chi connectivity index (χ2n) is 2.89. The molecule has 0 heterocycles. The monoisotopic (exact) mass is 237 g/mol. The third-order valence-corrected chi connectivity index (χ3v) is 2.21. The molecule has 6 heteroatoms. The van der Waals surface area contributed by atoms with E-state index in [0.717, 1.165) is 6.07 Å². The van der Waals surface area contributed by atoms with E-state index in [9.17, 15) is 8.78 Å². The van der Waals surface area contributed by atoms with E-state index in [4.69, 9.17) is 27.2 Å². The molecule has 0 saturated heterocycles. The van der Waals surface area contributed by atoms with Gasteiger partial charge in [-0.05, 0) is 6.07 Å². The van der Waals surface area contributed by atoms with Gasteiger partial charge in [-0.1, -0.05) is 11.6 Å². The second-order valence-corrected chi connectivity index (χ2v) is 3.30. The maximum Gasteiger partial charge on any atom is 0.167 e. The normalized spacial score (nSPS) is 12.7. The highest BCUT2D eigenvalue weighted by molar-refractivity contribution is 6.32. The molecule has 1 aromatic rings. The number of hydrogen-bond donors (Lipinski definition) is 2. The van der Waals surface area contributed by atoms with Crippen LogP contribution in [0, 0.1) is 11.6 Å². The lowest BCUT2D eigenvalue weighted by atomic mass is 10.1. The summed E-state index contributed by atoms with van der Waals surface area (Å²) in [6.07, 6.45) is 0. The molecule has 3 N–H and O–H groups in total. The number of nitrogens with two attached hydrogens (primary N) is 1. The van der Waals surface area contributed by atoms with Gasteiger partial charge in [-0.2, -0.15) is 0 Å². The van der Waals surface area contributed by atoms with Crippen LogP contribution in [-0.4, -0.2) is 18.8 Å². The predicted octanol–water partition coefficient (Wildman–Crippen LogP) is 1.62. The molecule has 0 bridgehead atoms. The molecule has 1 aromatic carbocycles. The van der Waals surface area contributed by atoms with Gasteiger partial charge in [0.25, 0.3) is 0 Å². The van der Waals surface area contributed by atoms with Gasteiger partial charge in [-0.15, -0.1) is 0 Å². The van der Waals surface area contributed by atoms with Crippen molar-refractivity contribution >= 4 is 11.6 Å². The van der Waals surface area contributed by atoms with Gasteiger partial charge >= 0.3 is 0 Å². The molecule has 1 unspecified atom stereocenters. The second kappa shape index (κ2) is 4.74. The van der Waals surface area contributed by atoms with Crippen molar-refractivity contribution in [3.05, 3.63) is 28.3 Å². The van der Waals surface area contributed by atoms with Crippen LogP contribution in [0.2, 0.25) is 5.02 Å². The van der Waals surface area contributed by atoms with Crippen LogP contribution in [0.4, 0.5) is 8.78 Å². The van der Waals surface area contributed by atoms with Crippen molar-refractivity contribution in [3.8, 4) is 5.75 Å². The van der Waals surface area contributed by atoms with Gasteiger partial charge in [0.15, 0.2) is 11.6 Å². The summed E-state index contributed by atoms with van der Waals surface area (Å²) < 4.78 is 31.2. The standard InChI is InChI=1S/C9H10ClF2NO2/c1-15-9-4(10)2-5(11)8(12)7(9)6(13)3-14/h2,6,14H,3,13H2,1H3. The summed E-state index contributed by atoms with van der Waals surface area (Å²) in [6.45, 7) is -0.535. The van der Waals surface area contributed by atoms with E-state index in [-0.39, 0.29) is 16.3 Å². The number of benzene rings is 1. The van der Waals surface area contributed by atoms with E-state index >= 15 is 0 Å². The fourth-order valence-electron chi connectivity index (χ4n) is 1.23. The lowest BCUT2D eigenvalue weighted by molar-refractivity contribution is 0.260. The third kappa shape index (κ3) is 2.19. The largest absolute Gasteiger partial charge is 0.495 e. The van der Waals surface area contributed by atoms with Gasteiger partial charge in [-0.25, -0.2) is 8.78 Å². The Morgan fingerprint density at radius 3 is 2.67 bits per heavy atom. The first-order chi connectivity index (χ1) is 7.02. The zero-order valence-corrected chi connectivity index (χ0v) is 8.68. The minimum absolute atomic E-state index is 0.0582. The lowest BCUT2D eigenvalue weighted by Crippen LogP contribution is -2.18. The summed E-state index contributed by atoms with van der Waals surface area (Å²) >= 11 is 5.64. The van der Waals surface area contributed by atoms with Crippen molar-refractivity contribution in [2.75, 3.05) is 13.7 Å². The Bertz CT molecular complexity index is 374. The first-order valence-electron chi connectivity index (χ1n) is 4.10. The predicted molar refractivity (Wildman–Crippen MR) is 51.9 cm³/mol. The summed E-state index contributed by atoms with van der Waals surface area (Å²) in [5.41, 5.74) is 5.15. The summed E-state index contributed by atoms with van der Waals surface area (Å²) in [7, 11) is 1.26. The third-order valence-electron chi connectivity index (χ3n) is 1.93. The molecule has 0 aliphatic heterocycles. The zero-order chi connectivity index (χ0) is 11.6. The van der Waals surface area contributed by atoms with Gasteiger partial charge in [-0.3, -0.25) is 0 Å². The highest BCUT2D eigenvalue weighted by Gasteiger charge is 2.22. The van der Waals surface area contributed by atoms with Crippen LogP contribution in [0.1, 0.15) is 11.6 Å². The van der Waals surface area contributed by atoms with Gasteiger partial charge < -0.3 is 15.6 Å². The van der Waals surface area contributed by atoms with E-state index in [0.29, 0.717) is 0 Å². The topological polar surface area (TPSA) is 55.5 Å². The molecule has 15 heavy (non-hydrogen) atoms. The fourth-order valence-corrected chi connectivity index (χ4v) is 1.50. The van der Waals surface area contributed by atoms with Crippen LogP contribution in [-0.2, 0) is 0 Å². The van der Waals surface area contributed by atoms with E-state index in [1.807, 2.05) is 0 Å². The molecule has 0 aromatic heterocycles. The first kappa shape index (κ1) is 12.2. The summed E-state index contributed by atoms with van der Waals surface area (Å²) in [5, 5.41) is 8.71. The SMILES string of the molecule is COc1c(Cl)cc(F)c(F)c1C(N)CO. The summed E-state index contributed by atoms with van der Waals surface area (Å²) in [5.74, 6) is -2.34. The smallest absolute Gasteiger partial charge is 0.167 e. The molecule has 0 amide bonds. The number of methoxy groups -OCH3 is 1. The molecule has 0 aliphatic carbocycles. The van der Waals surface area contributed by atoms with Crippen LogP contribution in [0.15, 0.2) is 6.07 Å². The number of halogens is 3. The highest BCUT2D eigenvalue weighted by Crippen LogP contribution is 2.35. The van der Waals surface area contributed by atoms with Crippen LogP contribution in [0.5, 0.6) is 5.75 Å². The molecule has 1 atom stereocenters. The number of hydrogen-bond acceptors (Lipinski definition) is 3. The molecule has 0 spiro atoms. The summed E-state index contributed by atoms with van der Waals surface area (Å²) in [6, 6.07) is -0.281. The van der Waals surface area contributed by atoms with Crippen molar-refractivity contribution in [3.63, 3.8) is 0 Å². The van der Waals surface area contributed by atoms with Crippen LogP contribution >= 0.6 is 11.6 Å². The minimum atomic E-state index is -1.15. The molecule has 1 rings (SSSR count). The molecular formula is C9H10ClF2NO2. The Kier molecular flexibility index (Phi) is 3.84. The van der Waals surface area contributed by atoms with Gasteiger partial charge in [0.1, 0.15) is 5.75 Å². The van der Waals surface area contributed by atoms with Crippen LogP contribution in [0.25, 0.3) is 0 Å². The Labute approximate surface area is 90.4 Å². The Balaban J connectivity index is 3.43. The van der Waals surface area contributed by atoms with E-state index < -0.39 is 24.3 Å². The quantitative estimate of drug-likeness (QED) is 0.786. The van der Waals surface area contributed by atoms with Crippen LogP contribution < -0.4 is 10.5 Å². The van der Waals surface area contributed by atoms with Crippen molar-refractivity contribution in [1.29, 1.82) is 0 Å². The Morgan fingerprint density at radius 1 is 1.60 bits per heavy atom. The average Bonchev–Trinajstić information content (AvgIpc) is 2.21. The molecular weight excluding hydrogens is 228 g/mol. The minimum Gasteiger partial charge on any atom is -0.495 e. The van der Waals surface area contributed by atoms with E-state index in [2.05, 4.69) is 0 Å². The van der Waals surface area contributed by atoms with E-state index in [1.54, 1.807) is 0 Å². The molecule has 0 aliphatic rings.